The molecule has 3 saturated heterocycles. The quantitative estimate of drug-likeness (QED) is 0.707. The van der Waals surface area contributed by atoms with E-state index in [1.807, 2.05) is 30.3 Å². The van der Waals surface area contributed by atoms with Crippen molar-refractivity contribution in [2.24, 2.45) is 5.92 Å². The summed E-state index contributed by atoms with van der Waals surface area (Å²) in [6, 6.07) is 9.64. The molecule has 0 aliphatic carbocycles. The number of benzene rings is 1. The Bertz CT molecular complexity index is 693. The van der Waals surface area contributed by atoms with E-state index in [1.54, 1.807) is 4.90 Å². The molecule has 29 heavy (non-hydrogen) atoms. The highest BCUT2D eigenvalue weighted by Gasteiger charge is 2.38. The summed E-state index contributed by atoms with van der Waals surface area (Å²) in [5, 5.41) is 0. The van der Waals surface area contributed by atoms with Crippen molar-refractivity contribution >= 4 is 12.1 Å². The summed E-state index contributed by atoms with van der Waals surface area (Å²) < 4.78 is 11.2. The molecule has 3 fully saturated rings. The molecule has 158 valence electrons. The first-order valence-electron chi connectivity index (χ1n) is 11.1. The predicted molar refractivity (Wildman–Crippen MR) is 109 cm³/mol. The minimum atomic E-state index is -0.510. The third-order valence-electron chi connectivity index (χ3n) is 6.63. The Kier molecular flexibility index (Phi) is 6.70. The molecule has 3 aliphatic rings. The third-order valence-corrected chi connectivity index (χ3v) is 6.63. The van der Waals surface area contributed by atoms with Crippen molar-refractivity contribution in [1.29, 1.82) is 0 Å². The molecule has 3 unspecified atom stereocenters. The number of hydrogen-bond acceptors (Lipinski definition) is 5. The zero-order chi connectivity index (χ0) is 20.1. The molecule has 4 rings (SSSR count). The van der Waals surface area contributed by atoms with E-state index in [9.17, 15) is 9.59 Å². The first kappa shape index (κ1) is 20.2. The van der Waals surface area contributed by atoms with Crippen LogP contribution in [-0.4, -0.2) is 60.2 Å². The lowest BCUT2D eigenvalue weighted by molar-refractivity contribution is -0.151. The van der Waals surface area contributed by atoms with Crippen LogP contribution in [0.25, 0.3) is 0 Å². The van der Waals surface area contributed by atoms with Crippen molar-refractivity contribution in [1.82, 2.24) is 9.80 Å². The lowest BCUT2D eigenvalue weighted by atomic mass is 9.84. The van der Waals surface area contributed by atoms with Gasteiger partial charge in [-0.25, -0.2) is 9.59 Å². The van der Waals surface area contributed by atoms with Crippen LogP contribution in [0.15, 0.2) is 30.3 Å². The number of hydrogen-bond donors (Lipinski definition) is 0. The Morgan fingerprint density at radius 1 is 0.897 bits per heavy atom. The zero-order valence-electron chi connectivity index (χ0n) is 17.1. The maximum Gasteiger partial charge on any atom is 0.410 e. The molecule has 3 aliphatic heterocycles. The van der Waals surface area contributed by atoms with Gasteiger partial charge in [0.15, 0.2) is 0 Å². The number of piperidine rings is 2. The molecular weight excluding hydrogens is 368 g/mol. The van der Waals surface area contributed by atoms with Crippen molar-refractivity contribution in [3.63, 3.8) is 0 Å². The summed E-state index contributed by atoms with van der Waals surface area (Å²) in [4.78, 5) is 29.4. The average Bonchev–Trinajstić information content (AvgIpc) is 3.27. The molecule has 0 radical (unpaired) electrons. The Morgan fingerprint density at radius 2 is 1.69 bits per heavy atom. The second-order valence-corrected chi connectivity index (χ2v) is 8.52. The van der Waals surface area contributed by atoms with Gasteiger partial charge < -0.3 is 9.47 Å². The number of ether oxygens (including phenoxy) is 2. The van der Waals surface area contributed by atoms with E-state index in [0.717, 1.165) is 18.4 Å². The Balaban J connectivity index is 1.27. The maximum absolute atomic E-state index is 12.8. The second kappa shape index (κ2) is 9.61. The zero-order valence-corrected chi connectivity index (χ0v) is 17.1. The summed E-state index contributed by atoms with van der Waals surface area (Å²) in [6.45, 7) is 3.60. The minimum absolute atomic E-state index is 0.220. The van der Waals surface area contributed by atoms with Gasteiger partial charge in [0.2, 0.25) is 0 Å². The van der Waals surface area contributed by atoms with Crippen molar-refractivity contribution < 1.29 is 19.1 Å². The fraction of sp³-hybridized carbons (Fsp3) is 0.652. The number of nitrogens with zero attached hydrogens (tertiary/aromatic N) is 2. The van der Waals surface area contributed by atoms with Crippen LogP contribution in [0.4, 0.5) is 4.79 Å². The molecule has 0 aromatic heterocycles. The van der Waals surface area contributed by atoms with Gasteiger partial charge in [-0.1, -0.05) is 36.8 Å². The molecule has 3 heterocycles. The molecule has 0 bridgehead atoms. The summed E-state index contributed by atoms with van der Waals surface area (Å²) >= 11 is 0. The smallest absolute Gasteiger partial charge is 0.410 e. The van der Waals surface area contributed by atoms with Gasteiger partial charge in [-0.3, -0.25) is 9.80 Å². The van der Waals surface area contributed by atoms with E-state index in [4.69, 9.17) is 9.47 Å². The van der Waals surface area contributed by atoms with E-state index in [0.29, 0.717) is 31.5 Å². The van der Waals surface area contributed by atoms with Crippen LogP contribution in [0, 0.1) is 5.92 Å². The highest BCUT2D eigenvalue weighted by Crippen LogP contribution is 2.31. The van der Waals surface area contributed by atoms with E-state index in [1.165, 1.54) is 38.8 Å². The van der Waals surface area contributed by atoms with E-state index >= 15 is 0 Å². The van der Waals surface area contributed by atoms with Gasteiger partial charge in [0.05, 0.1) is 6.61 Å². The topological polar surface area (TPSA) is 59.1 Å². The molecular formula is C23H32N2O4. The minimum Gasteiger partial charge on any atom is -0.464 e. The Labute approximate surface area is 173 Å². The summed E-state index contributed by atoms with van der Waals surface area (Å²) in [5.74, 6) is 0.153. The molecule has 0 spiro atoms. The molecule has 6 nitrogen and oxygen atoms in total. The number of carbonyl (C=O) groups is 2. The molecule has 6 heteroatoms. The molecule has 0 N–H and O–H groups in total. The predicted octanol–water partition coefficient (Wildman–Crippen LogP) is 3.60. The number of amides is 1. The Morgan fingerprint density at radius 3 is 2.55 bits per heavy atom. The largest absolute Gasteiger partial charge is 0.464 e. The second-order valence-electron chi connectivity index (χ2n) is 8.52. The van der Waals surface area contributed by atoms with Crippen molar-refractivity contribution in [2.45, 2.75) is 63.6 Å². The first-order chi connectivity index (χ1) is 14.2. The standard InChI is InChI=1S/C23H32N2O4/c26-22(28-17-19-10-6-14-24-13-5-4-11-20(19)24)21-12-7-15-25(21)23(27)29-16-18-8-2-1-3-9-18/h1-3,8-9,19-21H,4-7,10-17H2. The van der Waals surface area contributed by atoms with Crippen LogP contribution in [0.2, 0.25) is 0 Å². The van der Waals surface area contributed by atoms with E-state index in [2.05, 4.69) is 4.90 Å². The van der Waals surface area contributed by atoms with E-state index < -0.39 is 12.1 Å². The lowest BCUT2D eigenvalue weighted by Crippen LogP contribution is -2.49. The van der Waals surface area contributed by atoms with Crippen LogP contribution >= 0.6 is 0 Å². The van der Waals surface area contributed by atoms with Gasteiger partial charge in [-0.2, -0.15) is 0 Å². The van der Waals surface area contributed by atoms with Gasteiger partial charge in [0.25, 0.3) is 0 Å². The van der Waals surface area contributed by atoms with E-state index in [-0.39, 0.29) is 12.6 Å². The first-order valence-corrected chi connectivity index (χ1v) is 11.1. The van der Waals surface area contributed by atoms with Crippen molar-refractivity contribution in [2.75, 3.05) is 26.2 Å². The number of esters is 1. The monoisotopic (exact) mass is 400 g/mol. The van der Waals surface area contributed by atoms with Crippen LogP contribution in [0.5, 0.6) is 0 Å². The van der Waals surface area contributed by atoms with Gasteiger partial charge in [-0.05, 0) is 57.2 Å². The van der Waals surface area contributed by atoms with Gasteiger partial charge >= 0.3 is 12.1 Å². The third kappa shape index (κ3) is 4.92. The SMILES string of the molecule is O=C(OCC1CCCN2CCCCC12)C1CCCN1C(=O)OCc1ccccc1. The fourth-order valence-corrected chi connectivity index (χ4v) is 5.09. The highest BCUT2D eigenvalue weighted by molar-refractivity contribution is 5.82. The van der Waals surface area contributed by atoms with Gasteiger partial charge in [-0.15, -0.1) is 0 Å². The number of fused-ring (bicyclic) bond motifs is 1. The maximum atomic E-state index is 12.8. The molecule has 1 amide bonds. The van der Waals surface area contributed by atoms with Crippen molar-refractivity contribution in [3.05, 3.63) is 35.9 Å². The number of likely N-dealkylation sites (tertiary alicyclic amines) is 1. The van der Waals surface area contributed by atoms with Gasteiger partial charge in [0, 0.05) is 18.5 Å². The average molecular weight is 401 g/mol. The highest BCUT2D eigenvalue weighted by atomic mass is 16.6. The summed E-state index contributed by atoms with van der Waals surface area (Å²) in [7, 11) is 0. The molecule has 1 aromatic carbocycles. The number of rotatable bonds is 5. The molecule has 3 atom stereocenters. The summed E-state index contributed by atoms with van der Waals surface area (Å²) in [6.07, 6.45) is 7.11. The normalized spacial score (nSPS) is 27.3. The van der Waals surface area contributed by atoms with Gasteiger partial charge in [0.1, 0.15) is 12.6 Å². The fourth-order valence-electron chi connectivity index (χ4n) is 5.09. The number of carbonyl (C=O) groups excluding carboxylic acids is 2. The molecule has 0 saturated carbocycles. The van der Waals surface area contributed by atoms with Crippen LogP contribution in [-0.2, 0) is 20.9 Å². The summed E-state index contributed by atoms with van der Waals surface area (Å²) in [5.41, 5.74) is 0.938. The Hall–Kier alpha value is -2.08. The van der Waals surface area contributed by atoms with Crippen LogP contribution < -0.4 is 0 Å². The lowest BCUT2D eigenvalue weighted by Gasteiger charge is -2.44. The van der Waals surface area contributed by atoms with Crippen LogP contribution in [0.1, 0.15) is 50.5 Å². The van der Waals surface area contributed by atoms with Crippen LogP contribution in [0.3, 0.4) is 0 Å². The molecule has 1 aromatic rings. The van der Waals surface area contributed by atoms with Crippen molar-refractivity contribution in [3.8, 4) is 0 Å².